The summed E-state index contributed by atoms with van der Waals surface area (Å²) in [5.74, 6) is 1.02. The van der Waals surface area contributed by atoms with Crippen LogP contribution in [0.3, 0.4) is 0 Å². The summed E-state index contributed by atoms with van der Waals surface area (Å²) in [6.45, 7) is 5.14. The predicted octanol–water partition coefficient (Wildman–Crippen LogP) is 1.98. The highest BCUT2D eigenvalue weighted by Gasteiger charge is 2.28. The minimum absolute atomic E-state index is 0.280. The molecule has 1 aliphatic heterocycles. The van der Waals surface area contributed by atoms with Crippen LogP contribution in [-0.2, 0) is 4.74 Å². The predicted molar refractivity (Wildman–Crippen MR) is 73.9 cm³/mol. The van der Waals surface area contributed by atoms with Gasteiger partial charge in [0.2, 0.25) is 0 Å². The molecule has 0 aliphatic carbocycles. The Hall–Kier alpha value is -1.13. The molecule has 3 atom stereocenters. The number of nitrogens with zero attached hydrogens (tertiary/aromatic N) is 2. The zero-order valence-corrected chi connectivity index (χ0v) is 11.7. The third kappa shape index (κ3) is 2.65. The Morgan fingerprint density at radius 3 is 2.94 bits per heavy atom. The summed E-state index contributed by atoms with van der Waals surface area (Å²) < 4.78 is 5.63. The van der Waals surface area contributed by atoms with Crippen molar-refractivity contribution in [2.75, 3.05) is 25.6 Å². The summed E-state index contributed by atoms with van der Waals surface area (Å²) in [5, 5.41) is 3.25. The maximum atomic E-state index is 5.63. The molecule has 1 aromatic rings. The maximum Gasteiger partial charge on any atom is 0.128 e. The molecule has 2 heterocycles. The lowest BCUT2D eigenvalue weighted by molar-refractivity contribution is 0.118. The van der Waals surface area contributed by atoms with Gasteiger partial charge < -0.3 is 15.0 Å². The van der Waals surface area contributed by atoms with Gasteiger partial charge >= 0.3 is 0 Å². The summed E-state index contributed by atoms with van der Waals surface area (Å²) in [4.78, 5) is 6.72. The van der Waals surface area contributed by atoms with Crippen molar-refractivity contribution in [1.29, 1.82) is 0 Å². The Balaban J connectivity index is 2.17. The number of hydrogen-bond acceptors (Lipinski definition) is 4. The lowest BCUT2D eigenvalue weighted by atomic mass is 10.1. The monoisotopic (exact) mass is 249 g/mol. The molecule has 4 heteroatoms. The van der Waals surface area contributed by atoms with Crippen molar-refractivity contribution in [2.24, 2.45) is 0 Å². The molecule has 4 nitrogen and oxygen atoms in total. The molecule has 100 valence electrons. The second-order valence-corrected chi connectivity index (χ2v) is 5.00. The van der Waals surface area contributed by atoms with Gasteiger partial charge in [0.05, 0.1) is 12.1 Å². The van der Waals surface area contributed by atoms with Crippen LogP contribution in [0.5, 0.6) is 0 Å². The molecule has 0 saturated carbocycles. The Labute approximate surface area is 109 Å². The molecule has 0 spiro atoms. The average Bonchev–Trinajstić information content (AvgIpc) is 2.83. The van der Waals surface area contributed by atoms with E-state index in [0.29, 0.717) is 12.1 Å². The lowest BCUT2D eigenvalue weighted by Gasteiger charge is -2.28. The van der Waals surface area contributed by atoms with Gasteiger partial charge in [0, 0.05) is 25.9 Å². The minimum Gasteiger partial charge on any atom is -0.376 e. The number of hydrogen-bond donors (Lipinski definition) is 1. The molecule has 3 unspecified atom stereocenters. The summed E-state index contributed by atoms with van der Waals surface area (Å²) in [5.41, 5.74) is 1.26. The number of ether oxygens (including phenoxy) is 1. The fourth-order valence-electron chi connectivity index (χ4n) is 2.46. The number of rotatable bonds is 4. The molecule has 1 fully saturated rings. The average molecular weight is 249 g/mol. The smallest absolute Gasteiger partial charge is 0.128 e. The molecule has 1 saturated heterocycles. The fraction of sp³-hybridized carbons (Fsp3) is 0.643. The lowest BCUT2D eigenvalue weighted by Crippen LogP contribution is -2.37. The normalized spacial score (nSPS) is 25.1. The van der Waals surface area contributed by atoms with E-state index in [4.69, 9.17) is 4.74 Å². The molecule has 1 N–H and O–H groups in total. The minimum atomic E-state index is 0.280. The van der Waals surface area contributed by atoms with Gasteiger partial charge in [-0.15, -0.1) is 0 Å². The summed E-state index contributed by atoms with van der Waals surface area (Å²) in [6.07, 6.45) is 3.24. The van der Waals surface area contributed by atoms with Crippen molar-refractivity contribution in [2.45, 2.75) is 38.5 Å². The van der Waals surface area contributed by atoms with Gasteiger partial charge in [0.25, 0.3) is 0 Å². The van der Waals surface area contributed by atoms with E-state index in [0.717, 1.165) is 18.8 Å². The molecule has 18 heavy (non-hydrogen) atoms. The highest BCUT2D eigenvalue weighted by molar-refractivity contribution is 5.42. The largest absolute Gasteiger partial charge is 0.376 e. The van der Waals surface area contributed by atoms with Crippen molar-refractivity contribution < 1.29 is 4.74 Å². The van der Waals surface area contributed by atoms with Crippen molar-refractivity contribution in [3.05, 3.63) is 23.9 Å². The first-order valence-electron chi connectivity index (χ1n) is 6.61. The molecule has 0 bridgehead atoms. The molecular weight excluding hydrogens is 226 g/mol. The van der Waals surface area contributed by atoms with Gasteiger partial charge in [-0.3, -0.25) is 0 Å². The van der Waals surface area contributed by atoms with Crippen LogP contribution in [0.2, 0.25) is 0 Å². The highest BCUT2D eigenvalue weighted by atomic mass is 16.5. The fourth-order valence-corrected chi connectivity index (χ4v) is 2.46. The van der Waals surface area contributed by atoms with E-state index in [2.05, 4.69) is 48.2 Å². The first-order chi connectivity index (χ1) is 8.63. The number of nitrogens with one attached hydrogen (secondary N) is 1. The molecule has 0 radical (unpaired) electrons. The van der Waals surface area contributed by atoms with Crippen LogP contribution < -0.4 is 10.2 Å². The van der Waals surface area contributed by atoms with Crippen molar-refractivity contribution in [3.63, 3.8) is 0 Å². The third-order valence-corrected chi connectivity index (χ3v) is 3.90. The second-order valence-electron chi connectivity index (χ2n) is 5.00. The number of anilines is 1. The number of likely N-dealkylation sites (N-methyl/N-ethyl adjacent to an activating group) is 1. The van der Waals surface area contributed by atoms with Crippen LogP contribution in [0.1, 0.15) is 31.9 Å². The first-order valence-corrected chi connectivity index (χ1v) is 6.61. The summed E-state index contributed by atoms with van der Waals surface area (Å²) in [6, 6.07) is 4.99. The molecule has 0 amide bonds. The van der Waals surface area contributed by atoms with Crippen LogP contribution in [0, 0.1) is 0 Å². The van der Waals surface area contributed by atoms with Gasteiger partial charge in [-0.1, -0.05) is 0 Å². The van der Waals surface area contributed by atoms with E-state index in [9.17, 15) is 0 Å². The second kappa shape index (κ2) is 5.67. The van der Waals surface area contributed by atoms with E-state index in [1.807, 2.05) is 13.2 Å². The summed E-state index contributed by atoms with van der Waals surface area (Å²) >= 11 is 0. The van der Waals surface area contributed by atoms with E-state index in [1.165, 1.54) is 5.56 Å². The Morgan fingerprint density at radius 2 is 2.33 bits per heavy atom. The molecule has 1 aliphatic rings. The molecule has 2 rings (SSSR count). The van der Waals surface area contributed by atoms with Gasteiger partial charge in [-0.2, -0.15) is 0 Å². The van der Waals surface area contributed by atoms with E-state index in [-0.39, 0.29) is 6.10 Å². The molecule has 1 aromatic heterocycles. The van der Waals surface area contributed by atoms with Gasteiger partial charge in [-0.05, 0) is 45.0 Å². The molecule has 0 aromatic carbocycles. The molecular formula is C14H23N3O. The zero-order valence-electron chi connectivity index (χ0n) is 11.7. The van der Waals surface area contributed by atoms with Crippen LogP contribution in [-0.4, -0.2) is 37.8 Å². The topological polar surface area (TPSA) is 37.4 Å². The Kier molecular flexibility index (Phi) is 4.19. The van der Waals surface area contributed by atoms with E-state index >= 15 is 0 Å². The number of pyridine rings is 1. The van der Waals surface area contributed by atoms with Crippen LogP contribution in [0.25, 0.3) is 0 Å². The zero-order chi connectivity index (χ0) is 13.1. The van der Waals surface area contributed by atoms with E-state index in [1.54, 1.807) is 0 Å². The maximum absolute atomic E-state index is 5.63. The van der Waals surface area contributed by atoms with Crippen LogP contribution in [0.15, 0.2) is 18.3 Å². The van der Waals surface area contributed by atoms with Crippen molar-refractivity contribution in [3.8, 4) is 0 Å². The summed E-state index contributed by atoms with van der Waals surface area (Å²) in [7, 11) is 4.08. The van der Waals surface area contributed by atoms with Crippen LogP contribution in [0.4, 0.5) is 5.82 Å². The van der Waals surface area contributed by atoms with Crippen molar-refractivity contribution >= 4 is 5.82 Å². The van der Waals surface area contributed by atoms with Gasteiger partial charge in [0.15, 0.2) is 0 Å². The van der Waals surface area contributed by atoms with Crippen LogP contribution >= 0.6 is 0 Å². The van der Waals surface area contributed by atoms with Crippen molar-refractivity contribution in [1.82, 2.24) is 10.3 Å². The highest BCUT2D eigenvalue weighted by Crippen LogP contribution is 2.24. The quantitative estimate of drug-likeness (QED) is 0.885. The van der Waals surface area contributed by atoms with Gasteiger partial charge in [0.1, 0.15) is 5.82 Å². The van der Waals surface area contributed by atoms with Gasteiger partial charge in [-0.25, -0.2) is 4.98 Å². The Bertz CT molecular complexity index is 396. The Morgan fingerprint density at radius 1 is 1.56 bits per heavy atom. The number of aromatic nitrogens is 1. The first kappa shape index (κ1) is 13.3. The van der Waals surface area contributed by atoms with E-state index < -0.39 is 0 Å². The third-order valence-electron chi connectivity index (χ3n) is 3.90. The standard InChI is InChI=1S/C14H23N3O/c1-10(15-3)12-5-7-16-14(9-12)17(4)13-6-8-18-11(13)2/h5,7,9-11,13,15H,6,8H2,1-4H3. The SMILES string of the molecule is CNC(C)c1ccnc(N(C)C2CCOC2C)c1.